The van der Waals surface area contributed by atoms with Crippen LogP contribution in [0.25, 0.3) is 0 Å². The van der Waals surface area contributed by atoms with Gasteiger partial charge in [0.2, 0.25) is 0 Å². The van der Waals surface area contributed by atoms with Gasteiger partial charge >= 0.3 is 5.97 Å². The number of rotatable bonds is 6. The van der Waals surface area contributed by atoms with Gasteiger partial charge in [-0.2, -0.15) is 5.10 Å². The first-order chi connectivity index (χ1) is 13.6. The predicted molar refractivity (Wildman–Crippen MR) is 104 cm³/mol. The van der Waals surface area contributed by atoms with Gasteiger partial charge in [0.25, 0.3) is 5.91 Å². The zero-order chi connectivity index (χ0) is 19.9. The lowest BCUT2D eigenvalue weighted by Crippen LogP contribution is -2.16. The van der Waals surface area contributed by atoms with Gasteiger partial charge in [-0.15, -0.1) is 11.3 Å². The average molecular weight is 398 g/mol. The Balaban J connectivity index is 1.67. The number of esters is 1. The number of ether oxygens (including phenoxy) is 2. The number of halogens is 1. The standard InChI is InChI=1S/C20H15FN2O4S/c1-26-17-11-13(12-22-23-19(24)18-3-2-10-28-18)4-9-16(17)27-20(25)14-5-7-15(21)8-6-14/h2-12H,1H3,(H,23,24)/b22-12+. The molecular formula is C20H15FN2O4S. The highest BCUT2D eigenvalue weighted by Gasteiger charge is 2.13. The molecule has 2 aromatic carbocycles. The molecule has 0 aliphatic heterocycles. The Morgan fingerprint density at radius 3 is 2.57 bits per heavy atom. The number of carbonyl (C=O) groups excluding carboxylic acids is 2. The van der Waals surface area contributed by atoms with Crippen LogP contribution in [0, 0.1) is 5.82 Å². The van der Waals surface area contributed by atoms with Crippen LogP contribution in [0.15, 0.2) is 65.1 Å². The lowest BCUT2D eigenvalue weighted by molar-refractivity contribution is 0.0729. The summed E-state index contributed by atoms with van der Waals surface area (Å²) in [4.78, 5) is 24.5. The van der Waals surface area contributed by atoms with Crippen LogP contribution < -0.4 is 14.9 Å². The molecule has 1 aromatic heterocycles. The molecule has 1 heterocycles. The van der Waals surface area contributed by atoms with E-state index in [1.165, 1.54) is 48.9 Å². The normalized spacial score (nSPS) is 10.6. The van der Waals surface area contributed by atoms with Crippen molar-refractivity contribution in [2.45, 2.75) is 0 Å². The van der Waals surface area contributed by atoms with E-state index in [0.717, 1.165) is 0 Å². The van der Waals surface area contributed by atoms with Gasteiger partial charge in [-0.05, 0) is 59.5 Å². The third-order valence-electron chi connectivity index (χ3n) is 3.59. The summed E-state index contributed by atoms with van der Waals surface area (Å²) < 4.78 is 23.5. The van der Waals surface area contributed by atoms with Crippen molar-refractivity contribution >= 4 is 29.4 Å². The average Bonchev–Trinajstić information content (AvgIpc) is 3.24. The van der Waals surface area contributed by atoms with Crippen LogP contribution in [0.2, 0.25) is 0 Å². The third kappa shape index (κ3) is 4.80. The number of amides is 1. The molecule has 0 fully saturated rings. The Labute approximate surface area is 164 Å². The summed E-state index contributed by atoms with van der Waals surface area (Å²) in [5, 5.41) is 5.70. The topological polar surface area (TPSA) is 77.0 Å². The van der Waals surface area contributed by atoms with Crippen LogP contribution in [0.3, 0.4) is 0 Å². The molecule has 0 radical (unpaired) electrons. The number of carbonyl (C=O) groups is 2. The van der Waals surface area contributed by atoms with Gasteiger partial charge in [0.05, 0.1) is 23.8 Å². The maximum absolute atomic E-state index is 13.0. The fraction of sp³-hybridized carbons (Fsp3) is 0.0500. The fourth-order valence-electron chi connectivity index (χ4n) is 2.22. The van der Waals surface area contributed by atoms with Crippen LogP contribution in [0.1, 0.15) is 25.6 Å². The summed E-state index contributed by atoms with van der Waals surface area (Å²) in [7, 11) is 1.43. The van der Waals surface area contributed by atoms with Crippen LogP contribution in [-0.4, -0.2) is 25.2 Å². The van der Waals surface area contributed by atoms with E-state index in [2.05, 4.69) is 10.5 Å². The molecule has 1 amide bonds. The molecule has 0 saturated carbocycles. The molecule has 0 bridgehead atoms. The number of methoxy groups -OCH3 is 1. The number of nitrogens with one attached hydrogen (secondary N) is 1. The van der Waals surface area contributed by atoms with Crippen LogP contribution in [0.5, 0.6) is 11.5 Å². The number of benzene rings is 2. The minimum Gasteiger partial charge on any atom is -0.493 e. The Hall–Kier alpha value is -3.52. The Bertz CT molecular complexity index is 1000. The van der Waals surface area contributed by atoms with E-state index in [0.29, 0.717) is 16.2 Å². The maximum Gasteiger partial charge on any atom is 0.343 e. The second-order valence-corrected chi connectivity index (χ2v) is 6.43. The SMILES string of the molecule is COc1cc(/C=N/NC(=O)c2cccs2)ccc1OC(=O)c1ccc(F)cc1. The highest BCUT2D eigenvalue weighted by atomic mass is 32.1. The molecule has 0 aliphatic carbocycles. The second kappa shape index (κ2) is 8.92. The van der Waals surface area contributed by atoms with E-state index in [-0.39, 0.29) is 17.2 Å². The molecule has 142 valence electrons. The molecule has 0 unspecified atom stereocenters. The summed E-state index contributed by atoms with van der Waals surface area (Å²) in [6.07, 6.45) is 1.44. The first-order valence-electron chi connectivity index (χ1n) is 8.09. The summed E-state index contributed by atoms with van der Waals surface area (Å²) >= 11 is 1.31. The first-order valence-corrected chi connectivity index (χ1v) is 8.97. The number of hydrogen-bond acceptors (Lipinski definition) is 6. The lowest BCUT2D eigenvalue weighted by Gasteiger charge is -2.10. The lowest BCUT2D eigenvalue weighted by atomic mass is 10.2. The van der Waals surface area contributed by atoms with Crippen molar-refractivity contribution in [2.75, 3.05) is 7.11 Å². The van der Waals surface area contributed by atoms with Crippen LogP contribution in [-0.2, 0) is 0 Å². The van der Waals surface area contributed by atoms with Gasteiger partial charge in [-0.3, -0.25) is 4.79 Å². The zero-order valence-corrected chi connectivity index (χ0v) is 15.5. The first kappa shape index (κ1) is 19.2. The number of hydrogen-bond donors (Lipinski definition) is 1. The monoisotopic (exact) mass is 398 g/mol. The number of hydrazone groups is 1. The van der Waals surface area contributed by atoms with Crippen molar-refractivity contribution < 1.29 is 23.5 Å². The summed E-state index contributed by atoms with van der Waals surface area (Å²) in [5.74, 6) is -0.865. The van der Waals surface area contributed by atoms with E-state index < -0.39 is 11.8 Å². The van der Waals surface area contributed by atoms with Crippen LogP contribution in [0.4, 0.5) is 4.39 Å². The molecule has 28 heavy (non-hydrogen) atoms. The second-order valence-electron chi connectivity index (χ2n) is 5.48. The Morgan fingerprint density at radius 2 is 1.89 bits per heavy atom. The largest absolute Gasteiger partial charge is 0.493 e. The smallest absolute Gasteiger partial charge is 0.343 e. The molecule has 0 saturated heterocycles. The van der Waals surface area contributed by atoms with Crippen molar-refractivity contribution in [3.05, 3.63) is 81.8 Å². The maximum atomic E-state index is 13.0. The summed E-state index contributed by atoms with van der Waals surface area (Å²) in [6, 6.07) is 13.3. The van der Waals surface area contributed by atoms with Gasteiger partial charge in [0.15, 0.2) is 11.5 Å². The molecule has 0 aliphatic rings. The molecule has 6 nitrogen and oxygen atoms in total. The van der Waals surface area contributed by atoms with Crippen molar-refractivity contribution in [3.63, 3.8) is 0 Å². The highest BCUT2D eigenvalue weighted by molar-refractivity contribution is 7.12. The van der Waals surface area contributed by atoms with Gasteiger partial charge in [-0.1, -0.05) is 6.07 Å². The molecule has 1 N–H and O–H groups in total. The predicted octanol–water partition coefficient (Wildman–Crippen LogP) is 3.88. The van der Waals surface area contributed by atoms with E-state index in [1.807, 2.05) is 0 Å². The molecule has 8 heteroatoms. The van der Waals surface area contributed by atoms with Crippen molar-refractivity contribution in [3.8, 4) is 11.5 Å². The third-order valence-corrected chi connectivity index (χ3v) is 4.46. The van der Waals surface area contributed by atoms with E-state index >= 15 is 0 Å². The quantitative estimate of drug-likeness (QED) is 0.296. The number of nitrogens with zero attached hydrogens (tertiary/aromatic N) is 1. The minimum atomic E-state index is -0.636. The molecule has 3 aromatic rings. The number of thiophene rings is 1. The van der Waals surface area contributed by atoms with Crippen molar-refractivity contribution in [2.24, 2.45) is 5.10 Å². The van der Waals surface area contributed by atoms with Crippen LogP contribution >= 0.6 is 11.3 Å². The minimum absolute atomic E-state index is 0.205. The zero-order valence-electron chi connectivity index (χ0n) is 14.7. The van der Waals surface area contributed by atoms with Crippen molar-refractivity contribution in [1.82, 2.24) is 5.43 Å². The summed E-state index contributed by atoms with van der Waals surface area (Å²) in [5.41, 5.74) is 3.27. The Morgan fingerprint density at radius 1 is 1.11 bits per heavy atom. The van der Waals surface area contributed by atoms with Gasteiger partial charge < -0.3 is 9.47 Å². The fourth-order valence-corrected chi connectivity index (χ4v) is 2.84. The molecule has 0 spiro atoms. The van der Waals surface area contributed by atoms with Crippen molar-refractivity contribution in [1.29, 1.82) is 0 Å². The van der Waals surface area contributed by atoms with Gasteiger partial charge in [-0.25, -0.2) is 14.6 Å². The summed E-state index contributed by atoms with van der Waals surface area (Å²) in [6.45, 7) is 0. The van der Waals surface area contributed by atoms with Gasteiger partial charge in [0.1, 0.15) is 5.82 Å². The Kier molecular flexibility index (Phi) is 6.13. The molecule has 3 rings (SSSR count). The van der Waals surface area contributed by atoms with E-state index in [9.17, 15) is 14.0 Å². The van der Waals surface area contributed by atoms with E-state index in [1.54, 1.807) is 35.7 Å². The molecule has 0 atom stereocenters. The van der Waals surface area contributed by atoms with Gasteiger partial charge in [0, 0.05) is 0 Å². The molecular weight excluding hydrogens is 383 g/mol. The highest BCUT2D eigenvalue weighted by Crippen LogP contribution is 2.28. The van der Waals surface area contributed by atoms with E-state index in [4.69, 9.17) is 9.47 Å².